The van der Waals surface area contributed by atoms with Crippen molar-refractivity contribution < 1.29 is 0 Å². The van der Waals surface area contributed by atoms with Crippen LogP contribution in [0.5, 0.6) is 0 Å². The molecule has 118 valence electrons. The molecule has 1 heterocycles. The zero-order valence-electron chi connectivity index (χ0n) is 13.8. The van der Waals surface area contributed by atoms with Crippen LogP contribution in [0, 0.1) is 0 Å². The standard InChI is InChI=1S/C18H31N3/c1-3-5-12-21(13-6-4-2)15-18-9-7-8-17(20-18)14-19-16-10-11-16/h7-9,16,19H,3-6,10-15H2,1-2H3. The molecule has 1 saturated carbocycles. The smallest absolute Gasteiger partial charge is 0.0547 e. The highest BCUT2D eigenvalue weighted by Gasteiger charge is 2.20. The monoisotopic (exact) mass is 289 g/mol. The minimum atomic E-state index is 0.751. The number of nitrogens with zero attached hydrogens (tertiary/aromatic N) is 2. The second-order valence-electron chi connectivity index (χ2n) is 6.26. The quantitative estimate of drug-likeness (QED) is 0.672. The highest BCUT2D eigenvalue weighted by Crippen LogP contribution is 2.19. The molecule has 0 radical (unpaired) electrons. The van der Waals surface area contributed by atoms with Gasteiger partial charge >= 0.3 is 0 Å². The van der Waals surface area contributed by atoms with Crippen LogP contribution < -0.4 is 5.32 Å². The summed E-state index contributed by atoms with van der Waals surface area (Å²) in [5.41, 5.74) is 2.41. The van der Waals surface area contributed by atoms with Crippen LogP contribution in [0.25, 0.3) is 0 Å². The Balaban J connectivity index is 1.86. The van der Waals surface area contributed by atoms with E-state index in [1.54, 1.807) is 0 Å². The van der Waals surface area contributed by atoms with Crippen molar-refractivity contribution in [2.24, 2.45) is 0 Å². The number of aromatic nitrogens is 1. The van der Waals surface area contributed by atoms with Crippen LogP contribution in [0.3, 0.4) is 0 Å². The van der Waals surface area contributed by atoms with Crippen molar-refractivity contribution in [3.63, 3.8) is 0 Å². The molecule has 0 aromatic carbocycles. The molecule has 1 N–H and O–H groups in total. The van der Waals surface area contributed by atoms with E-state index < -0.39 is 0 Å². The molecule has 3 heteroatoms. The maximum absolute atomic E-state index is 4.82. The molecule has 1 aliphatic carbocycles. The van der Waals surface area contributed by atoms with Crippen molar-refractivity contribution in [1.82, 2.24) is 15.2 Å². The fourth-order valence-electron chi connectivity index (χ4n) is 2.51. The number of nitrogens with one attached hydrogen (secondary N) is 1. The van der Waals surface area contributed by atoms with Gasteiger partial charge in [0, 0.05) is 19.1 Å². The predicted molar refractivity (Wildman–Crippen MR) is 89.2 cm³/mol. The van der Waals surface area contributed by atoms with Gasteiger partial charge in [-0.25, -0.2) is 0 Å². The Morgan fingerprint density at radius 3 is 2.38 bits per heavy atom. The Kier molecular flexibility index (Phi) is 7.17. The van der Waals surface area contributed by atoms with Gasteiger partial charge in [-0.3, -0.25) is 9.88 Å². The van der Waals surface area contributed by atoms with Crippen LogP contribution in [0.1, 0.15) is 63.8 Å². The lowest BCUT2D eigenvalue weighted by Crippen LogP contribution is -2.26. The van der Waals surface area contributed by atoms with Crippen molar-refractivity contribution in [1.29, 1.82) is 0 Å². The number of hydrogen-bond donors (Lipinski definition) is 1. The fourth-order valence-corrected chi connectivity index (χ4v) is 2.51. The molecule has 1 aromatic rings. The van der Waals surface area contributed by atoms with E-state index in [9.17, 15) is 0 Å². The van der Waals surface area contributed by atoms with E-state index in [1.165, 1.54) is 63.0 Å². The Hall–Kier alpha value is -0.930. The van der Waals surface area contributed by atoms with Gasteiger partial charge in [0.15, 0.2) is 0 Å². The van der Waals surface area contributed by atoms with E-state index >= 15 is 0 Å². The van der Waals surface area contributed by atoms with Gasteiger partial charge in [0.05, 0.1) is 11.4 Å². The second-order valence-corrected chi connectivity index (χ2v) is 6.26. The summed E-state index contributed by atoms with van der Waals surface area (Å²) in [5.74, 6) is 0. The summed E-state index contributed by atoms with van der Waals surface area (Å²) in [6.07, 6.45) is 7.77. The van der Waals surface area contributed by atoms with Crippen LogP contribution in [-0.2, 0) is 13.1 Å². The predicted octanol–water partition coefficient (Wildman–Crippen LogP) is 3.74. The first-order chi connectivity index (χ1) is 10.3. The molecular formula is C18H31N3. The summed E-state index contributed by atoms with van der Waals surface area (Å²) >= 11 is 0. The van der Waals surface area contributed by atoms with E-state index in [4.69, 9.17) is 4.98 Å². The van der Waals surface area contributed by atoms with Crippen LogP contribution >= 0.6 is 0 Å². The van der Waals surface area contributed by atoms with Gasteiger partial charge in [-0.05, 0) is 50.9 Å². The maximum atomic E-state index is 4.82. The molecule has 0 spiro atoms. The zero-order valence-corrected chi connectivity index (χ0v) is 13.8. The van der Waals surface area contributed by atoms with Crippen LogP contribution in [-0.4, -0.2) is 29.0 Å². The van der Waals surface area contributed by atoms with E-state index in [0.29, 0.717) is 0 Å². The molecule has 1 aliphatic rings. The van der Waals surface area contributed by atoms with Gasteiger partial charge in [-0.2, -0.15) is 0 Å². The molecule has 0 aliphatic heterocycles. The van der Waals surface area contributed by atoms with Gasteiger partial charge in [-0.1, -0.05) is 32.8 Å². The lowest BCUT2D eigenvalue weighted by Gasteiger charge is -2.21. The SMILES string of the molecule is CCCCN(CCCC)Cc1cccc(CNC2CC2)n1. The van der Waals surface area contributed by atoms with Gasteiger partial charge in [0.2, 0.25) is 0 Å². The summed E-state index contributed by atoms with van der Waals surface area (Å²) < 4.78 is 0. The third-order valence-corrected chi connectivity index (χ3v) is 4.06. The molecule has 0 saturated heterocycles. The van der Waals surface area contributed by atoms with Gasteiger partial charge < -0.3 is 5.32 Å². The van der Waals surface area contributed by atoms with Crippen LogP contribution in [0.15, 0.2) is 18.2 Å². The Bertz CT molecular complexity index is 393. The Morgan fingerprint density at radius 2 is 1.76 bits per heavy atom. The molecule has 2 rings (SSSR count). The Labute approximate surface area is 130 Å². The number of hydrogen-bond acceptors (Lipinski definition) is 3. The summed E-state index contributed by atoms with van der Waals surface area (Å²) in [7, 11) is 0. The number of pyridine rings is 1. The first kappa shape index (κ1) is 16.4. The van der Waals surface area contributed by atoms with E-state index in [-0.39, 0.29) is 0 Å². The van der Waals surface area contributed by atoms with Crippen molar-refractivity contribution in [2.45, 2.75) is 71.5 Å². The van der Waals surface area contributed by atoms with Gasteiger partial charge in [0.25, 0.3) is 0 Å². The molecule has 1 aromatic heterocycles. The summed E-state index contributed by atoms with van der Waals surface area (Å²) in [5, 5.41) is 3.55. The normalized spacial score (nSPS) is 14.8. The third-order valence-electron chi connectivity index (χ3n) is 4.06. The zero-order chi connectivity index (χ0) is 14.9. The maximum Gasteiger partial charge on any atom is 0.0547 e. The topological polar surface area (TPSA) is 28.2 Å². The van der Waals surface area contributed by atoms with Crippen molar-refractivity contribution in [2.75, 3.05) is 13.1 Å². The van der Waals surface area contributed by atoms with E-state index in [2.05, 4.69) is 42.3 Å². The van der Waals surface area contributed by atoms with E-state index in [1.807, 2.05) is 0 Å². The van der Waals surface area contributed by atoms with Crippen molar-refractivity contribution in [3.05, 3.63) is 29.6 Å². The second kappa shape index (κ2) is 9.16. The molecule has 0 atom stereocenters. The Morgan fingerprint density at radius 1 is 1.10 bits per heavy atom. The third kappa shape index (κ3) is 6.58. The van der Waals surface area contributed by atoms with Crippen LogP contribution in [0.4, 0.5) is 0 Å². The average molecular weight is 289 g/mol. The fraction of sp³-hybridized carbons (Fsp3) is 0.722. The lowest BCUT2D eigenvalue weighted by molar-refractivity contribution is 0.254. The van der Waals surface area contributed by atoms with E-state index in [0.717, 1.165) is 19.1 Å². The summed E-state index contributed by atoms with van der Waals surface area (Å²) in [6.45, 7) is 8.84. The first-order valence-electron chi connectivity index (χ1n) is 8.72. The van der Waals surface area contributed by atoms with Crippen LogP contribution in [0.2, 0.25) is 0 Å². The molecule has 1 fully saturated rings. The molecule has 21 heavy (non-hydrogen) atoms. The first-order valence-corrected chi connectivity index (χ1v) is 8.72. The molecule has 3 nitrogen and oxygen atoms in total. The van der Waals surface area contributed by atoms with Crippen molar-refractivity contribution in [3.8, 4) is 0 Å². The lowest BCUT2D eigenvalue weighted by atomic mass is 10.2. The van der Waals surface area contributed by atoms with Crippen molar-refractivity contribution >= 4 is 0 Å². The summed E-state index contributed by atoms with van der Waals surface area (Å²) in [4.78, 5) is 7.39. The highest BCUT2D eigenvalue weighted by molar-refractivity contribution is 5.11. The molecule has 0 unspecified atom stereocenters. The molecular weight excluding hydrogens is 258 g/mol. The summed E-state index contributed by atoms with van der Waals surface area (Å²) in [6, 6.07) is 7.22. The minimum absolute atomic E-state index is 0.751. The largest absolute Gasteiger partial charge is 0.308 e. The minimum Gasteiger partial charge on any atom is -0.308 e. The highest BCUT2D eigenvalue weighted by atomic mass is 15.1. The average Bonchev–Trinajstić information content (AvgIpc) is 3.32. The van der Waals surface area contributed by atoms with Gasteiger partial charge in [0.1, 0.15) is 0 Å². The number of rotatable bonds is 11. The van der Waals surface area contributed by atoms with Gasteiger partial charge in [-0.15, -0.1) is 0 Å². The molecule has 0 bridgehead atoms. The number of unbranched alkanes of at least 4 members (excludes halogenated alkanes) is 2. The molecule has 0 amide bonds.